The normalized spacial score (nSPS) is 10.1. The molecular weight excluding hydrogens is 226 g/mol. The van der Waals surface area contributed by atoms with Gasteiger partial charge in [0.25, 0.3) is 0 Å². The van der Waals surface area contributed by atoms with Gasteiger partial charge in [0.2, 0.25) is 0 Å². The molecule has 0 atom stereocenters. The summed E-state index contributed by atoms with van der Waals surface area (Å²) in [5, 5.41) is 10.9. The lowest BCUT2D eigenvalue weighted by Crippen LogP contribution is -1.96. The van der Waals surface area contributed by atoms with Gasteiger partial charge in [0, 0.05) is 10.9 Å². The molecule has 0 saturated heterocycles. The minimum Gasteiger partial charge on any atom is -0.506 e. The molecule has 2 aromatic rings. The number of rotatable bonds is 2. The van der Waals surface area contributed by atoms with Gasteiger partial charge in [-0.15, -0.1) is 11.3 Å². The van der Waals surface area contributed by atoms with Crippen molar-refractivity contribution in [3.8, 4) is 17.0 Å². The Morgan fingerprint density at radius 1 is 1.50 bits per heavy atom. The first-order valence-corrected chi connectivity index (χ1v) is 5.41. The summed E-state index contributed by atoms with van der Waals surface area (Å²) in [6.45, 7) is 0. The third-order valence-electron chi connectivity index (χ3n) is 2.03. The van der Waals surface area contributed by atoms with E-state index in [1.54, 1.807) is 18.2 Å². The molecule has 0 aliphatic rings. The van der Waals surface area contributed by atoms with Crippen LogP contribution in [0.4, 0.5) is 0 Å². The number of ether oxygens (including phenoxy) is 1. The fraction of sp³-hybridized carbons (Fsp3) is 0.0909. The topological polar surface area (TPSA) is 59.4 Å². The van der Waals surface area contributed by atoms with E-state index in [0.29, 0.717) is 10.6 Å². The number of thiophene rings is 1. The van der Waals surface area contributed by atoms with Crippen LogP contribution in [0.25, 0.3) is 11.3 Å². The number of hydrogen-bond acceptors (Lipinski definition) is 5. The number of carbonyl (C=O) groups is 1. The van der Waals surface area contributed by atoms with Gasteiger partial charge in [-0.3, -0.25) is 4.98 Å². The van der Waals surface area contributed by atoms with Gasteiger partial charge in [-0.25, -0.2) is 4.79 Å². The molecule has 0 spiro atoms. The monoisotopic (exact) mass is 235 g/mol. The number of pyridine rings is 1. The van der Waals surface area contributed by atoms with E-state index >= 15 is 0 Å². The molecule has 4 nitrogen and oxygen atoms in total. The van der Waals surface area contributed by atoms with Gasteiger partial charge in [0.05, 0.1) is 19.0 Å². The smallest absolute Gasteiger partial charge is 0.348 e. The van der Waals surface area contributed by atoms with Gasteiger partial charge in [0.1, 0.15) is 10.6 Å². The molecule has 0 amide bonds. The van der Waals surface area contributed by atoms with Crippen molar-refractivity contribution in [2.24, 2.45) is 0 Å². The second-order valence-corrected chi connectivity index (χ2v) is 4.00. The average Bonchev–Trinajstić information content (AvgIpc) is 2.78. The third-order valence-corrected chi connectivity index (χ3v) is 2.94. The number of nitrogens with zero attached hydrogens (tertiary/aromatic N) is 1. The molecule has 0 radical (unpaired) electrons. The van der Waals surface area contributed by atoms with Gasteiger partial charge >= 0.3 is 5.97 Å². The lowest BCUT2D eigenvalue weighted by Gasteiger charge is -1.96. The number of aromatic hydroxyl groups is 1. The zero-order chi connectivity index (χ0) is 11.5. The Balaban J connectivity index is 2.31. The molecule has 0 bridgehead atoms. The Hall–Kier alpha value is -1.88. The van der Waals surface area contributed by atoms with E-state index in [1.165, 1.54) is 24.6 Å². The second-order valence-electron chi connectivity index (χ2n) is 3.09. The predicted octanol–water partition coefficient (Wildman–Crippen LogP) is 2.30. The van der Waals surface area contributed by atoms with Crippen molar-refractivity contribution in [2.45, 2.75) is 0 Å². The van der Waals surface area contributed by atoms with Gasteiger partial charge in [-0.05, 0) is 18.2 Å². The van der Waals surface area contributed by atoms with Gasteiger partial charge in [0.15, 0.2) is 0 Å². The van der Waals surface area contributed by atoms with Crippen molar-refractivity contribution in [1.29, 1.82) is 0 Å². The Kier molecular flexibility index (Phi) is 2.87. The molecular formula is C11H9NO3S. The fourth-order valence-electron chi connectivity index (χ4n) is 1.24. The summed E-state index contributed by atoms with van der Waals surface area (Å²) in [4.78, 5) is 15.8. The lowest BCUT2D eigenvalue weighted by atomic mass is 10.2. The number of aromatic nitrogens is 1. The first-order chi connectivity index (χ1) is 7.70. The first kappa shape index (κ1) is 10.6. The van der Waals surface area contributed by atoms with Crippen molar-refractivity contribution in [3.05, 3.63) is 34.7 Å². The van der Waals surface area contributed by atoms with Crippen molar-refractivity contribution in [2.75, 3.05) is 7.11 Å². The molecule has 0 aromatic carbocycles. The summed E-state index contributed by atoms with van der Waals surface area (Å²) in [5.74, 6) is -0.234. The highest BCUT2D eigenvalue weighted by Crippen LogP contribution is 2.25. The van der Waals surface area contributed by atoms with Crippen LogP contribution in [0.1, 0.15) is 9.67 Å². The largest absolute Gasteiger partial charge is 0.506 e. The molecule has 16 heavy (non-hydrogen) atoms. The Morgan fingerprint density at radius 2 is 2.31 bits per heavy atom. The molecule has 0 unspecified atom stereocenters. The van der Waals surface area contributed by atoms with E-state index in [9.17, 15) is 4.79 Å². The number of esters is 1. The SMILES string of the molecule is COC(=O)c1cc(-c2ccc(O)cn2)cs1. The summed E-state index contributed by atoms with van der Waals surface area (Å²) in [6.07, 6.45) is 1.37. The second kappa shape index (κ2) is 4.32. The van der Waals surface area contributed by atoms with Crippen LogP contribution in [0.15, 0.2) is 29.8 Å². The Morgan fingerprint density at radius 3 is 2.94 bits per heavy atom. The van der Waals surface area contributed by atoms with Crippen molar-refractivity contribution in [1.82, 2.24) is 4.98 Å². The summed E-state index contributed by atoms with van der Waals surface area (Å²) in [6, 6.07) is 4.96. The third kappa shape index (κ3) is 2.04. The lowest BCUT2D eigenvalue weighted by molar-refractivity contribution is 0.0606. The summed E-state index contributed by atoms with van der Waals surface area (Å²) in [7, 11) is 1.35. The van der Waals surface area contributed by atoms with Crippen LogP contribution < -0.4 is 0 Å². The van der Waals surface area contributed by atoms with E-state index < -0.39 is 0 Å². The molecule has 0 saturated carbocycles. The van der Waals surface area contributed by atoms with Crippen LogP contribution in [-0.2, 0) is 4.74 Å². The molecule has 1 N–H and O–H groups in total. The molecule has 2 rings (SSSR count). The maximum absolute atomic E-state index is 11.2. The number of hydrogen-bond donors (Lipinski definition) is 1. The maximum Gasteiger partial charge on any atom is 0.348 e. The quantitative estimate of drug-likeness (QED) is 0.811. The van der Waals surface area contributed by atoms with Gasteiger partial charge < -0.3 is 9.84 Å². The van der Waals surface area contributed by atoms with E-state index in [0.717, 1.165) is 5.56 Å². The first-order valence-electron chi connectivity index (χ1n) is 4.53. The van der Waals surface area contributed by atoms with Crippen molar-refractivity contribution < 1.29 is 14.6 Å². The van der Waals surface area contributed by atoms with E-state index in [2.05, 4.69) is 9.72 Å². The van der Waals surface area contributed by atoms with Crippen molar-refractivity contribution >= 4 is 17.3 Å². The van der Waals surface area contributed by atoms with Gasteiger partial charge in [-0.1, -0.05) is 0 Å². The minimum absolute atomic E-state index is 0.118. The number of methoxy groups -OCH3 is 1. The zero-order valence-electron chi connectivity index (χ0n) is 8.51. The van der Waals surface area contributed by atoms with Crippen LogP contribution in [0.2, 0.25) is 0 Å². The summed E-state index contributed by atoms with van der Waals surface area (Å²) >= 11 is 1.30. The standard InChI is InChI=1S/C11H9NO3S/c1-15-11(14)10-4-7(6-16-10)9-3-2-8(13)5-12-9/h2-6,13H,1H3. The van der Waals surface area contributed by atoms with Crippen molar-refractivity contribution in [3.63, 3.8) is 0 Å². The summed E-state index contributed by atoms with van der Waals surface area (Å²) in [5.41, 5.74) is 1.55. The minimum atomic E-state index is -0.352. The van der Waals surface area contributed by atoms with Crippen LogP contribution in [0.3, 0.4) is 0 Å². The number of carbonyl (C=O) groups excluding carboxylic acids is 1. The highest BCUT2D eigenvalue weighted by atomic mass is 32.1. The zero-order valence-corrected chi connectivity index (χ0v) is 9.32. The highest BCUT2D eigenvalue weighted by molar-refractivity contribution is 7.12. The Labute approximate surface area is 96.1 Å². The van der Waals surface area contributed by atoms with Gasteiger partial charge in [-0.2, -0.15) is 0 Å². The molecule has 0 aliphatic heterocycles. The van der Waals surface area contributed by atoms with Crippen LogP contribution in [0.5, 0.6) is 5.75 Å². The Bertz CT molecular complexity index is 504. The summed E-state index contributed by atoms with van der Waals surface area (Å²) < 4.78 is 4.62. The van der Waals surface area contributed by atoms with E-state index in [-0.39, 0.29) is 11.7 Å². The fourth-order valence-corrected chi connectivity index (χ4v) is 2.05. The molecule has 2 aromatic heterocycles. The molecule has 5 heteroatoms. The van der Waals surface area contributed by atoms with Crippen LogP contribution in [0, 0.1) is 0 Å². The molecule has 82 valence electrons. The van der Waals surface area contributed by atoms with Crippen LogP contribution in [-0.4, -0.2) is 23.2 Å². The molecule has 0 fully saturated rings. The van der Waals surface area contributed by atoms with E-state index in [1.807, 2.05) is 5.38 Å². The molecule has 0 aliphatic carbocycles. The van der Waals surface area contributed by atoms with E-state index in [4.69, 9.17) is 5.11 Å². The highest BCUT2D eigenvalue weighted by Gasteiger charge is 2.10. The predicted molar refractivity (Wildman–Crippen MR) is 60.6 cm³/mol. The van der Waals surface area contributed by atoms with Crippen LogP contribution >= 0.6 is 11.3 Å². The average molecular weight is 235 g/mol. The molecule has 2 heterocycles. The maximum atomic E-state index is 11.2.